The zero-order valence-electron chi connectivity index (χ0n) is 16.4. The Labute approximate surface area is 164 Å². The average Bonchev–Trinajstić information content (AvgIpc) is 3.11. The first-order chi connectivity index (χ1) is 13.4. The third-order valence-electron chi connectivity index (χ3n) is 5.70. The number of likely N-dealkylation sites (tertiary alicyclic amines) is 1. The highest BCUT2D eigenvalue weighted by Gasteiger charge is 2.34. The largest absolute Gasteiger partial charge is 0.342 e. The zero-order chi connectivity index (χ0) is 19.7. The molecule has 0 atom stereocenters. The van der Waals surface area contributed by atoms with Crippen LogP contribution in [0.4, 0.5) is 4.39 Å². The Bertz CT molecular complexity index is 972. The Morgan fingerprint density at radius 1 is 1.18 bits per heavy atom. The molecule has 0 spiro atoms. The number of carbonyl (C=O) groups is 1. The fourth-order valence-electron chi connectivity index (χ4n) is 4.16. The molecule has 1 N–H and O–H groups in total. The van der Waals surface area contributed by atoms with Crippen molar-refractivity contribution in [1.82, 2.24) is 14.9 Å². The number of hydrogen-bond donors (Lipinski definition) is 1. The van der Waals surface area contributed by atoms with Crippen LogP contribution in [-0.4, -0.2) is 33.9 Å². The number of halogens is 1. The van der Waals surface area contributed by atoms with Gasteiger partial charge in [-0.15, -0.1) is 0 Å². The van der Waals surface area contributed by atoms with Gasteiger partial charge in [0.15, 0.2) is 0 Å². The van der Waals surface area contributed by atoms with E-state index in [1.54, 1.807) is 6.07 Å². The molecule has 2 aromatic carbocycles. The molecular formula is C23H26FN3O. The molecule has 1 aromatic heterocycles. The molecule has 1 saturated heterocycles. The van der Waals surface area contributed by atoms with Crippen molar-refractivity contribution >= 4 is 16.9 Å². The van der Waals surface area contributed by atoms with E-state index in [9.17, 15) is 9.18 Å². The smallest absolute Gasteiger partial charge is 0.228 e. The standard InChI is InChI=1S/C23H26FN3O/c1-23(2,15-16-6-4-3-5-7-16)22(28)27-12-10-17(11-13-27)21-25-19-9-8-18(24)14-20(19)26-21/h3-9,14,17H,10-13,15H2,1-2H3,(H,25,26). The molecule has 0 unspecified atom stereocenters. The second-order valence-electron chi connectivity index (χ2n) is 8.40. The number of nitrogens with one attached hydrogen (secondary N) is 1. The number of aromatic amines is 1. The number of H-pyrrole nitrogens is 1. The van der Waals surface area contributed by atoms with Gasteiger partial charge in [-0.2, -0.15) is 0 Å². The molecule has 0 aliphatic carbocycles. The minimum Gasteiger partial charge on any atom is -0.342 e. The Hall–Kier alpha value is -2.69. The van der Waals surface area contributed by atoms with Gasteiger partial charge in [0.2, 0.25) is 5.91 Å². The van der Waals surface area contributed by atoms with Crippen LogP contribution in [0.3, 0.4) is 0 Å². The number of rotatable bonds is 4. The van der Waals surface area contributed by atoms with Crippen molar-refractivity contribution in [3.8, 4) is 0 Å². The van der Waals surface area contributed by atoms with Gasteiger partial charge in [-0.05, 0) is 43.0 Å². The van der Waals surface area contributed by atoms with E-state index in [0.717, 1.165) is 49.2 Å². The lowest BCUT2D eigenvalue weighted by molar-refractivity contribution is -0.141. The summed E-state index contributed by atoms with van der Waals surface area (Å²) in [6, 6.07) is 14.8. The minimum absolute atomic E-state index is 0.210. The van der Waals surface area contributed by atoms with Crippen LogP contribution in [-0.2, 0) is 11.2 Å². The first kappa shape index (κ1) is 18.7. The second kappa shape index (κ2) is 7.38. The lowest BCUT2D eigenvalue weighted by Gasteiger charge is -2.36. The second-order valence-corrected chi connectivity index (χ2v) is 8.40. The summed E-state index contributed by atoms with van der Waals surface area (Å²) < 4.78 is 13.4. The van der Waals surface area contributed by atoms with Crippen molar-refractivity contribution in [2.45, 2.75) is 39.0 Å². The molecule has 0 radical (unpaired) electrons. The maximum absolute atomic E-state index is 13.4. The molecule has 5 heteroatoms. The van der Waals surface area contributed by atoms with Gasteiger partial charge in [0.25, 0.3) is 0 Å². The summed E-state index contributed by atoms with van der Waals surface area (Å²) in [5.74, 6) is 1.12. The van der Waals surface area contributed by atoms with Crippen LogP contribution in [0, 0.1) is 11.2 Å². The van der Waals surface area contributed by atoms with Crippen LogP contribution in [0.1, 0.15) is 44.0 Å². The highest BCUT2D eigenvalue weighted by atomic mass is 19.1. The number of aromatic nitrogens is 2. The Morgan fingerprint density at radius 2 is 1.89 bits per heavy atom. The Kier molecular flexibility index (Phi) is 4.92. The molecule has 3 aromatic rings. The zero-order valence-corrected chi connectivity index (χ0v) is 16.4. The lowest BCUT2D eigenvalue weighted by atomic mass is 9.83. The van der Waals surface area contributed by atoms with E-state index in [1.807, 2.05) is 36.9 Å². The summed E-state index contributed by atoms with van der Waals surface area (Å²) in [5.41, 5.74) is 2.28. The first-order valence-corrected chi connectivity index (χ1v) is 9.91. The van der Waals surface area contributed by atoms with Crippen molar-refractivity contribution in [1.29, 1.82) is 0 Å². The highest BCUT2D eigenvalue weighted by Crippen LogP contribution is 2.31. The van der Waals surface area contributed by atoms with Gasteiger partial charge in [0, 0.05) is 24.4 Å². The molecule has 28 heavy (non-hydrogen) atoms. The number of hydrogen-bond acceptors (Lipinski definition) is 2. The summed E-state index contributed by atoms with van der Waals surface area (Å²) >= 11 is 0. The predicted molar refractivity (Wildman–Crippen MR) is 109 cm³/mol. The molecule has 1 aliphatic rings. The first-order valence-electron chi connectivity index (χ1n) is 9.91. The third-order valence-corrected chi connectivity index (χ3v) is 5.70. The van der Waals surface area contributed by atoms with Gasteiger partial charge in [-0.25, -0.2) is 9.37 Å². The van der Waals surface area contributed by atoms with Crippen LogP contribution in [0.25, 0.3) is 11.0 Å². The Balaban J connectivity index is 1.40. The van der Waals surface area contributed by atoms with Crippen molar-refractivity contribution in [2.24, 2.45) is 5.41 Å². The van der Waals surface area contributed by atoms with E-state index in [-0.39, 0.29) is 17.6 Å². The predicted octanol–water partition coefficient (Wildman–Crippen LogP) is 4.68. The van der Waals surface area contributed by atoms with Crippen molar-refractivity contribution in [2.75, 3.05) is 13.1 Å². The SMILES string of the molecule is CC(C)(Cc1ccccc1)C(=O)N1CCC(c2nc3ccc(F)cc3[nH]2)CC1. The van der Waals surface area contributed by atoms with Crippen molar-refractivity contribution < 1.29 is 9.18 Å². The summed E-state index contributed by atoms with van der Waals surface area (Å²) in [6.07, 6.45) is 2.48. The minimum atomic E-state index is -0.426. The van der Waals surface area contributed by atoms with Gasteiger partial charge in [0.1, 0.15) is 11.6 Å². The topological polar surface area (TPSA) is 49.0 Å². The summed E-state index contributed by atoms with van der Waals surface area (Å²) in [5, 5.41) is 0. The van der Waals surface area contributed by atoms with E-state index < -0.39 is 5.41 Å². The van der Waals surface area contributed by atoms with E-state index in [1.165, 1.54) is 17.7 Å². The number of carbonyl (C=O) groups excluding carboxylic acids is 1. The molecule has 1 amide bonds. The van der Waals surface area contributed by atoms with E-state index >= 15 is 0 Å². The summed E-state index contributed by atoms with van der Waals surface area (Å²) in [6.45, 7) is 5.52. The van der Waals surface area contributed by atoms with Crippen molar-refractivity contribution in [3.05, 3.63) is 65.7 Å². The number of benzene rings is 2. The van der Waals surface area contributed by atoms with Gasteiger partial charge in [0.05, 0.1) is 11.0 Å². The molecule has 4 nitrogen and oxygen atoms in total. The van der Waals surface area contributed by atoms with E-state index in [2.05, 4.69) is 22.1 Å². The normalized spacial score (nSPS) is 15.9. The lowest BCUT2D eigenvalue weighted by Crippen LogP contribution is -2.45. The van der Waals surface area contributed by atoms with Gasteiger partial charge < -0.3 is 9.88 Å². The van der Waals surface area contributed by atoms with Crippen molar-refractivity contribution in [3.63, 3.8) is 0 Å². The number of imidazole rings is 1. The number of nitrogens with zero attached hydrogens (tertiary/aromatic N) is 2. The van der Waals surface area contributed by atoms with Crippen LogP contribution < -0.4 is 0 Å². The van der Waals surface area contributed by atoms with Gasteiger partial charge >= 0.3 is 0 Å². The molecule has 2 heterocycles. The molecular weight excluding hydrogens is 353 g/mol. The van der Waals surface area contributed by atoms with Crippen LogP contribution >= 0.6 is 0 Å². The molecule has 1 aliphatic heterocycles. The van der Waals surface area contributed by atoms with Crippen LogP contribution in [0.5, 0.6) is 0 Å². The quantitative estimate of drug-likeness (QED) is 0.716. The van der Waals surface area contributed by atoms with Crippen LogP contribution in [0.15, 0.2) is 48.5 Å². The molecule has 0 saturated carbocycles. The monoisotopic (exact) mass is 379 g/mol. The maximum Gasteiger partial charge on any atom is 0.228 e. The number of piperidine rings is 1. The fraction of sp³-hybridized carbons (Fsp3) is 0.391. The van der Waals surface area contributed by atoms with Crippen LogP contribution in [0.2, 0.25) is 0 Å². The average molecular weight is 379 g/mol. The summed E-state index contributed by atoms with van der Waals surface area (Å²) in [4.78, 5) is 23.0. The molecule has 146 valence electrons. The Morgan fingerprint density at radius 3 is 2.61 bits per heavy atom. The number of fused-ring (bicyclic) bond motifs is 1. The van der Waals surface area contributed by atoms with E-state index in [0.29, 0.717) is 0 Å². The fourth-order valence-corrected chi connectivity index (χ4v) is 4.16. The van der Waals surface area contributed by atoms with Gasteiger partial charge in [-0.1, -0.05) is 44.2 Å². The molecule has 0 bridgehead atoms. The molecule has 1 fully saturated rings. The molecule has 4 rings (SSSR count). The third kappa shape index (κ3) is 3.79. The van der Waals surface area contributed by atoms with Gasteiger partial charge in [-0.3, -0.25) is 4.79 Å². The number of amides is 1. The van der Waals surface area contributed by atoms with E-state index in [4.69, 9.17) is 0 Å². The highest BCUT2D eigenvalue weighted by molar-refractivity contribution is 5.82. The maximum atomic E-state index is 13.4. The summed E-state index contributed by atoms with van der Waals surface area (Å²) in [7, 11) is 0.